The van der Waals surface area contributed by atoms with Gasteiger partial charge >= 0.3 is 0 Å². The highest BCUT2D eigenvalue weighted by Gasteiger charge is 2.26. The summed E-state index contributed by atoms with van der Waals surface area (Å²) in [7, 11) is 0. The third-order valence-electron chi connectivity index (χ3n) is 3.94. The second kappa shape index (κ2) is 6.17. The first-order chi connectivity index (χ1) is 8.16. The van der Waals surface area contributed by atoms with Crippen LogP contribution >= 0.6 is 0 Å². The molecule has 0 aromatic carbocycles. The molecule has 0 spiro atoms. The molecule has 2 aliphatic rings. The Morgan fingerprint density at radius 2 is 2.24 bits per heavy atom. The fraction of sp³-hybridized carbons (Fsp3) is 1.00. The van der Waals surface area contributed by atoms with E-state index in [0.717, 1.165) is 25.7 Å². The summed E-state index contributed by atoms with van der Waals surface area (Å²) in [5.74, 6) is 0. The number of ether oxygens (including phenoxy) is 1. The highest BCUT2D eigenvalue weighted by molar-refractivity contribution is 4.79. The summed E-state index contributed by atoms with van der Waals surface area (Å²) in [6.45, 7) is 9.96. The van der Waals surface area contributed by atoms with E-state index in [-0.39, 0.29) is 5.60 Å². The van der Waals surface area contributed by atoms with Crippen LogP contribution in [0, 0.1) is 0 Å². The van der Waals surface area contributed by atoms with Crippen molar-refractivity contribution in [2.45, 2.75) is 57.6 Å². The van der Waals surface area contributed by atoms with Gasteiger partial charge in [0.25, 0.3) is 0 Å². The first-order valence-electron chi connectivity index (χ1n) is 7.25. The molecule has 2 fully saturated rings. The van der Waals surface area contributed by atoms with Gasteiger partial charge in [-0.15, -0.1) is 0 Å². The van der Waals surface area contributed by atoms with Gasteiger partial charge in [-0.3, -0.25) is 4.90 Å². The normalized spacial score (nSPS) is 30.4. The predicted molar refractivity (Wildman–Crippen MR) is 71.3 cm³/mol. The lowest BCUT2D eigenvalue weighted by Crippen LogP contribution is -2.48. The fourth-order valence-corrected chi connectivity index (χ4v) is 3.04. The monoisotopic (exact) mass is 240 g/mol. The van der Waals surface area contributed by atoms with Crippen molar-refractivity contribution in [3.8, 4) is 0 Å². The van der Waals surface area contributed by atoms with E-state index in [2.05, 4.69) is 24.1 Å². The van der Waals surface area contributed by atoms with Gasteiger partial charge in [-0.2, -0.15) is 0 Å². The molecule has 2 aliphatic heterocycles. The van der Waals surface area contributed by atoms with Crippen molar-refractivity contribution in [1.29, 1.82) is 0 Å². The number of nitrogens with one attached hydrogen (secondary N) is 1. The van der Waals surface area contributed by atoms with E-state index >= 15 is 0 Å². The molecule has 1 N–H and O–H groups in total. The molecule has 100 valence electrons. The van der Waals surface area contributed by atoms with E-state index in [1.165, 1.54) is 45.2 Å². The van der Waals surface area contributed by atoms with Crippen LogP contribution in [0.15, 0.2) is 0 Å². The van der Waals surface area contributed by atoms with Crippen LogP contribution in [0.3, 0.4) is 0 Å². The van der Waals surface area contributed by atoms with Gasteiger partial charge in [-0.1, -0.05) is 6.42 Å². The molecular weight excluding hydrogens is 212 g/mol. The van der Waals surface area contributed by atoms with Crippen LogP contribution in [-0.2, 0) is 4.74 Å². The average molecular weight is 240 g/mol. The summed E-state index contributed by atoms with van der Waals surface area (Å²) < 4.78 is 5.74. The number of piperidine rings is 1. The van der Waals surface area contributed by atoms with Crippen LogP contribution in [0.1, 0.15) is 46.0 Å². The third kappa shape index (κ3) is 4.57. The minimum Gasteiger partial charge on any atom is -0.373 e. The zero-order valence-corrected chi connectivity index (χ0v) is 11.5. The van der Waals surface area contributed by atoms with E-state index in [1.807, 2.05) is 0 Å². The molecule has 0 amide bonds. The van der Waals surface area contributed by atoms with Gasteiger partial charge in [-0.25, -0.2) is 0 Å². The van der Waals surface area contributed by atoms with Crippen LogP contribution in [0.5, 0.6) is 0 Å². The molecule has 0 aliphatic carbocycles. The van der Waals surface area contributed by atoms with Crippen LogP contribution < -0.4 is 5.32 Å². The Labute approximate surface area is 106 Å². The highest BCUT2D eigenvalue weighted by atomic mass is 16.5. The second-order valence-corrected chi connectivity index (χ2v) is 6.17. The quantitative estimate of drug-likeness (QED) is 0.813. The average Bonchev–Trinajstić information content (AvgIpc) is 2.29. The van der Waals surface area contributed by atoms with Crippen LogP contribution in [0.2, 0.25) is 0 Å². The summed E-state index contributed by atoms with van der Waals surface area (Å²) in [5, 5.41) is 3.63. The summed E-state index contributed by atoms with van der Waals surface area (Å²) >= 11 is 0. The molecule has 0 bridgehead atoms. The fourth-order valence-electron chi connectivity index (χ4n) is 3.04. The molecule has 3 nitrogen and oxygen atoms in total. The smallest absolute Gasteiger partial charge is 0.0753 e. The highest BCUT2D eigenvalue weighted by Crippen LogP contribution is 2.17. The number of hydrogen-bond donors (Lipinski definition) is 1. The molecule has 2 heterocycles. The van der Waals surface area contributed by atoms with Crippen LogP contribution in [0.25, 0.3) is 0 Å². The van der Waals surface area contributed by atoms with Gasteiger partial charge < -0.3 is 10.1 Å². The van der Waals surface area contributed by atoms with Crippen molar-refractivity contribution < 1.29 is 4.74 Å². The minimum atomic E-state index is 0.0569. The van der Waals surface area contributed by atoms with Crippen molar-refractivity contribution in [2.24, 2.45) is 0 Å². The van der Waals surface area contributed by atoms with E-state index in [1.54, 1.807) is 0 Å². The Morgan fingerprint density at radius 3 is 2.94 bits per heavy atom. The standard InChI is InChI=1S/C14H28N2O/c1-14(2)12-16(10-11-17-14)9-5-7-13-6-3-4-8-15-13/h13,15H,3-12H2,1-2H3. The minimum absolute atomic E-state index is 0.0569. The lowest BCUT2D eigenvalue weighted by molar-refractivity contribution is -0.0862. The Bertz CT molecular complexity index is 224. The van der Waals surface area contributed by atoms with Crippen LogP contribution in [-0.4, -0.2) is 49.3 Å². The molecule has 1 atom stereocenters. The van der Waals surface area contributed by atoms with Gasteiger partial charge in [0.2, 0.25) is 0 Å². The second-order valence-electron chi connectivity index (χ2n) is 6.17. The van der Waals surface area contributed by atoms with Crippen molar-refractivity contribution >= 4 is 0 Å². The van der Waals surface area contributed by atoms with Crippen molar-refractivity contribution in [1.82, 2.24) is 10.2 Å². The Kier molecular flexibility index (Phi) is 4.83. The van der Waals surface area contributed by atoms with E-state index in [4.69, 9.17) is 4.74 Å². The van der Waals surface area contributed by atoms with Gasteiger partial charge in [0, 0.05) is 19.1 Å². The lowest BCUT2D eigenvalue weighted by atomic mass is 10.00. The lowest BCUT2D eigenvalue weighted by Gasteiger charge is -2.38. The zero-order valence-electron chi connectivity index (χ0n) is 11.5. The number of rotatable bonds is 4. The van der Waals surface area contributed by atoms with Crippen molar-refractivity contribution in [3.63, 3.8) is 0 Å². The zero-order chi connectivity index (χ0) is 12.1. The predicted octanol–water partition coefficient (Wildman–Crippen LogP) is 2.02. The maximum Gasteiger partial charge on any atom is 0.0753 e. The number of morpholine rings is 1. The molecule has 17 heavy (non-hydrogen) atoms. The van der Waals surface area contributed by atoms with Crippen molar-refractivity contribution in [2.75, 3.05) is 32.8 Å². The summed E-state index contributed by atoms with van der Waals surface area (Å²) in [6, 6.07) is 0.790. The molecule has 1 unspecified atom stereocenters. The largest absolute Gasteiger partial charge is 0.373 e. The first-order valence-corrected chi connectivity index (χ1v) is 7.25. The third-order valence-corrected chi connectivity index (χ3v) is 3.94. The maximum absolute atomic E-state index is 5.74. The summed E-state index contributed by atoms with van der Waals surface area (Å²) in [4.78, 5) is 2.56. The van der Waals surface area contributed by atoms with E-state index in [0.29, 0.717) is 0 Å². The maximum atomic E-state index is 5.74. The Morgan fingerprint density at radius 1 is 1.35 bits per heavy atom. The molecule has 0 aromatic rings. The number of nitrogens with zero attached hydrogens (tertiary/aromatic N) is 1. The summed E-state index contributed by atoms with van der Waals surface area (Å²) in [6.07, 6.45) is 6.84. The molecular formula is C14H28N2O. The van der Waals surface area contributed by atoms with E-state index < -0.39 is 0 Å². The van der Waals surface area contributed by atoms with Gasteiger partial charge in [0.05, 0.1) is 12.2 Å². The summed E-state index contributed by atoms with van der Waals surface area (Å²) in [5.41, 5.74) is 0.0569. The van der Waals surface area contributed by atoms with Gasteiger partial charge in [0.15, 0.2) is 0 Å². The van der Waals surface area contributed by atoms with Gasteiger partial charge in [-0.05, 0) is 52.6 Å². The molecule has 0 radical (unpaired) electrons. The topological polar surface area (TPSA) is 24.5 Å². The Balaban J connectivity index is 1.61. The van der Waals surface area contributed by atoms with Crippen LogP contribution in [0.4, 0.5) is 0 Å². The molecule has 0 saturated carbocycles. The van der Waals surface area contributed by atoms with E-state index in [9.17, 15) is 0 Å². The van der Waals surface area contributed by atoms with Crippen molar-refractivity contribution in [3.05, 3.63) is 0 Å². The van der Waals surface area contributed by atoms with Gasteiger partial charge in [0.1, 0.15) is 0 Å². The molecule has 2 saturated heterocycles. The molecule has 3 heteroatoms. The number of hydrogen-bond acceptors (Lipinski definition) is 3. The molecule has 0 aromatic heterocycles. The molecule has 2 rings (SSSR count). The Hall–Kier alpha value is -0.120. The first kappa shape index (κ1) is 13.3. The SMILES string of the molecule is CC1(C)CN(CCCC2CCCCN2)CCO1.